The van der Waals surface area contributed by atoms with Crippen LogP contribution in [0.3, 0.4) is 0 Å². The van der Waals surface area contributed by atoms with Gasteiger partial charge in [-0.3, -0.25) is 0 Å². The molecule has 1 heterocycles. The zero-order valence-corrected chi connectivity index (χ0v) is 13.6. The molecule has 2 aromatic rings. The fraction of sp³-hybridized carbons (Fsp3) is 0.556. The van der Waals surface area contributed by atoms with E-state index in [0.29, 0.717) is 0 Å². The first-order chi connectivity index (χ1) is 10.1. The van der Waals surface area contributed by atoms with E-state index in [-0.39, 0.29) is 5.60 Å². The number of methoxy groups -OCH3 is 1. The average Bonchev–Trinajstić information content (AvgIpc) is 2.84. The van der Waals surface area contributed by atoms with Crippen molar-refractivity contribution in [1.82, 2.24) is 4.57 Å². The van der Waals surface area contributed by atoms with Crippen LogP contribution in [0.25, 0.3) is 10.9 Å². The largest absolute Gasteiger partial charge is 0.379 e. The Bertz CT molecular complexity index is 572. The molecule has 0 saturated carbocycles. The highest BCUT2D eigenvalue weighted by Gasteiger charge is 2.17. The van der Waals surface area contributed by atoms with Crippen LogP contribution in [-0.2, 0) is 17.7 Å². The first-order valence-electron chi connectivity index (χ1n) is 7.89. The van der Waals surface area contributed by atoms with Gasteiger partial charge in [0.1, 0.15) is 0 Å². The molecule has 1 aromatic carbocycles. The predicted molar refractivity (Wildman–Crippen MR) is 89.6 cm³/mol. The summed E-state index contributed by atoms with van der Waals surface area (Å²) in [7, 11) is 1.78. The second-order valence-corrected chi connectivity index (χ2v) is 6.32. The third-order valence-electron chi connectivity index (χ3n) is 4.28. The Morgan fingerprint density at radius 1 is 1.19 bits per heavy atom. The van der Waals surface area contributed by atoms with Crippen LogP contribution in [0.15, 0.2) is 30.5 Å². The van der Waals surface area contributed by atoms with Crippen molar-refractivity contribution >= 4 is 10.9 Å². The van der Waals surface area contributed by atoms with Gasteiger partial charge in [0.15, 0.2) is 0 Å². The molecular formula is C18H28N2O. The van der Waals surface area contributed by atoms with Crippen LogP contribution in [-0.4, -0.2) is 23.8 Å². The van der Waals surface area contributed by atoms with E-state index in [1.165, 1.54) is 16.5 Å². The molecule has 2 rings (SSSR count). The van der Waals surface area contributed by atoms with Crippen molar-refractivity contribution in [2.24, 2.45) is 5.73 Å². The molecule has 0 atom stereocenters. The van der Waals surface area contributed by atoms with E-state index in [0.717, 1.165) is 38.8 Å². The number of hydrogen-bond donors (Lipinski definition) is 1. The van der Waals surface area contributed by atoms with Crippen LogP contribution in [0, 0.1) is 0 Å². The summed E-state index contributed by atoms with van der Waals surface area (Å²) in [6.45, 7) is 6.04. The Hall–Kier alpha value is -1.32. The Balaban J connectivity index is 2.19. The smallest absolute Gasteiger partial charge is 0.0639 e. The van der Waals surface area contributed by atoms with Crippen molar-refractivity contribution in [3.63, 3.8) is 0 Å². The van der Waals surface area contributed by atoms with Crippen molar-refractivity contribution in [1.29, 1.82) is 0 Å². The summed E-state index contributed by atoms with van der Waals surface area (Å²) in [5.41, 5.74) is 8.29. The van der Waals surface area contributed by atoms with Gasteiger partial charge in [-0.1, -0.05) is 18.2 Å². The summed E-state index contributed by atoms with van der Waals surface area (Å²) in [5.74, 6) is 0. The lowest BCUT2D eigenvalue weighted by Crippen LogP contribution is -2.24. The van der Waals surface area contributed by atoms with Crippen LogP contribution >= 0.6 is 0 Å². The van der Waals surface area contributed by atoms with Crippen LogP contribution in [0.2, 0.25) is 0 Å². The number of ether oxygens (including phenoxy) is 1. The number of aromatic nitrogens is 1. The van der Waals surface area contributed by atoms with E-state index in [2.05, 4.69) is 48.9 Å². The number of hydrogen-bond acceptors (Lipinski definition) is 2. The molecule has 0 spiro atoms. The topological polar surface area (TPSA) is 40.2 Å². The van der Waals surface area contributed by atoms with Gasteiger partial charge in [-0.05, 0) is 57.7 Å². The van der Waals surface area contributed by atoms with Crippen molar-refractivity contribution < 1.29 is 4.74 Å². The minimum absolute atomic E-state index is 0.0783. The number of nitrogens with zero attached hydrogens (tertiary/aromatic N) is 1. The van der Waals surface area contributed by atoms with Gasteiger partial charge in [-0.2, -0.15) is 0 Å². The van der Waals surface area contributed by atoms with Gasteiger partial charge >= 0.3 is 0 Å². The molecule has 0 amide bonds. The Morgan fingerprint density at radius 3 is 2.67 bits per heavy atom. The van der Waals surface area contributed by atoms with E-state index in [1.807, 2.05) is 0 Å². The molecule has 0 unspecified atom stereocenters. The summed E-state index contributed by atoms with van der Waals surface area (Å²) in [6.07, 6.45) is 6.68. The highest BCUT2D eigenvalue weighted by molar-refractivity contribution is 5.83. The molecule has 1 aromatic heterocycles. The maximum Gasteiger partial charge on any atom is 0.0639 e. The van der Waals surface area contributed by atoms with E-state index >= 15 is 0 Å². The number of para-hydroxylation sites is 1. The van der Waals surface area contributed by atoms with Gasteiger partial charge in [-0.15, -0.1) is 0 Å². The maximum atomic E-state index is 5.60. The molecular weight excluding hydrogens is 260 g/mol. The van der Waals surface area contributed by atoms with Crippen molar-refractivity contribution in [3.8, 4) is 0 Å². The third kappa shape index (κ3) is 4.08. The number of rotatable bonds is 8. The monoisotopic (exact) mass is 288 g/mol. The lowest BCUT2D eigenvalue weighted by atomic mass is 10.1. The van der Waals surface area contributed by atoms with Crippen molar-refractivity contribution in [3.05, 3.63) is 36.0 Å². The van der Waals surface area contributed by atoms with E-state index < -0.39 is 0 Å². The standard InChI is InChI=1S/C18H28N2O/c1-18(2,21-3)11-13-20-14-15(8-6-7-12-19)16-9-4-5-10-17(16)20/h4-5,9-10,14H,6-8,11-13,19H2,1-3H3. The molecule has 0 bridgehead atoms. The second-order valence-electron chi connectivity index (χ2n) is 6.32. The van der Waals surface area contributed by atoms with E-state index in [1.54, 1.807) is 7.11 Å². The first-order valence-corrected chi connectivity index (χ1v) is 7.89. The molecule has 0 aliphatic heterocycles. The normalized spacial score (nSPS) is 12.2. The zero-order valence-electron chi connectivity index (χ0n) is 13.6. The number of unbranched alkanes of at least 4 members (excludes halogenated alkanes) is 1. The molecule has 0 aliphatic carbocycles. The third-order valence-corrected chi connectivity index (χ3v) is 4.28. The fourth-order valence-electron chi connectivity index (χ4n) is 2.66. The molecule has 0 aliphatic rings. The summed E-state index contributed by atoms with van der Waals surface area (Å²) in [6, 6.07) is 8.68. The molecule has 21 heavy (non-hydrogen) atoms. The molecule has 2 N–H and O–H groups in total. The number of fused-ring (bicyclic) bond motifs is 1. The molecule has 3 nitrogen and oxygen atoms in total. The average molecular weight is 288 g/mol. The summed E-state index contributed by atoms with van der Waals surface area (Å²) < 4.78 is 7.90. The Labute approximate surface area is 128 Å². The minimum atomic E-state index is -0.0783. The molecule has 0 saturated heterocycles. The molecule has 116 valence electrons. The molecule has 0 fully saturated rings. The lowest BCUT2D eigenvalue weighted by molar-refractivity contribution is 0.0123. The number of aryl methyl sites for hydroxylation is 2. The van der Waals surface area contributed by atoms with Gasteiger partial charge in [0, 0.05) is 30.8 Å². The van der Waals surface area contributed by atoms with E-state index in [4.69, 9.17) is 10.5 Å². The van der Waals surface area contributed by atoms with Crippen LogP contribution in [0.1, 0.15) is 38.7 Å². The van der Waals surface area contributed by atoms with Crippen LogP contribution in [0.5, 0.6) is 0 Å². The Morgan fingerprint density at radius 2 is 1.95 bits per heavy atom. The van der Waals surface area contributed by atoms with Gasteiger partial charge < -0.3 is 15.0 Å². The first kappa shape index (κ1) is 16.1. The Kier molecular flexibility index (Phi) is 5.43. The minimum Gasteiger partial charge on any atom is -0.379 e. The lowest BCUT2D eigenvalue weighted by Gasteiger charge is -2.23. The molecule has 0 radical (unpaired) electrons. The fourth-order valence-corrected chi connectivity index (χ4v) is 2.66. The van der Waals surface area contributed by atoms with Gasteiger partial charge in [0.25, 0.3) is 0 Å². The summed E-state index contributed by atoms with van der Waals surface area (Å²) in [4.78, 5) is 0. The summed E-state index contributed by atoms with van der Waals surface area (Å²) >= 11 is 0. The van der Waals surface area contributed by atoms with Gasteiger partial charge in [0.05, 0.1) is 5.60 Å². The van der Waals surface area contributed by atoms with Gasteiger partial charge in [0.2, 0.25) is 0 Å². The van der Waals surface area contributed by atoms with Crippen molar-refractivity contribution in [2.45, 2.75) is 51.7 Å². The zero-order chi connectivity index (χ0) is 15.3. The van der Waals surface area contributed by atoms with Gasteiger partial charge in [-0.25, -0.2) is 0 Å². The van der Waals surface area contributed by atoms with E-state index in [9.17, 15) is 0 Å². The SMILES string of the molecule is COC(C)(C)CCn1cc(CCCCN)c2ccccc21. The predicted octanol–water partition coefficient (Wildman–Crippen LogP) is 3.74. The maximum absolute atomic E-state index is 5.60. The highest BCUT2D eigenvalue weighted by Crippen LogP contribution is 2.24. The second kappa shape index (κ2) is 7.10. The number of benzene rings is 1. The number of nitrogens with two attached hydrogens (primary N) is 1. The van der Waals surface area contributed by atoms with Crippen LogP contribution < -0.4 is 5.73 Å². The highest BCUT2D eigenvalue weighted by atomic mass is 16.5. The van der Waals surface area contributed by atoms with Crippen molar-refractivity contribution in [2.75, 3.05) is 13.7 Å². The quantitative estimate of drug-likeness (QED) is 0.752. The summed E-state index contributed by atoms with van der Waals surface area (Å²) in [5, 5.41) is 1.38. The molecule has 3 heteroatoms. The van der Waals surface area contributed by atoms with Crippen LogP contribution in [0.4, 0.5) is 0 Å².